The van der Waals surface area contributed by atoms with Crippen LogP contribution in [0, 0.1) is 42.4 Å². The zero-order chi connectivity index (χ0) is 30.2. The van der Waals surface area contributed by atoms with E-state index in [9.17, 15) is 14.4 Å². The highest BCUT2D eigenvalue weighted by Crippen LogP contribution is 2.30. The monoisotopic (exact) mass is 555 g/mol. The van der Waals surface area contributed by atoms with Gasteiger partial charge in [0, 0.05) is 23.7 Å². The third-order valence-electron chi connectivity index (χ3n) is 5.72. The van der Waals surface area contributed by atoms with Crippen LogP contribution in [0.5, 0.6) is 5.75 Å². The molecule has 0 spiro atoms. The molecule has 0 saturated heterocycles. The Morgan fingerprint density at radius 1 is 0.950 bits per heavy atom. The molecule has 0 amide bonds. The number of carbonyl (C=O) groups is 3. The van der Waals surface area contributed by atoms with E-state index in [-0.39, 0.29) is 51.8 Å². The summed E-state index contributed by atoms with van der Waals surface area (Å²) in [6.45, 7) is 10.1. The summed E-state index contributed by atoms with van der Waals surface area (Å²) in [4.78, 5) is 42.6. The van der Waals surface area contributed by atoms with Crippen LogP contribution in [-0.2, 0) is 46.5 Å². The first-order chi connectivity index (χ1) is 18.9. The van der Waals surface area contributed by atoms with Gasteiger partial charge in [-0.1, -0.05) is 24.0 Å². The minimum atomic E-state index is -0.988. The van der Waals surface area contributed by atoms with Crippen LogP contribution >= 0.6 is 0 Å². The summed E-state index contributed by atoms with van der Waals surface area (Å²) in [6, 6.07) is 0. The van der Waals surface area contributed by atoms with E-state index in [0.29, 0.717) is 23.2 Å². The maximum absolute atomic E-state index is 12.9. The van der Waals surface area contributed by atoms with Gasteiger partial charge in [0.25, 0.3) is 0 Å². The molecular weight excluding hydrogens is 514 g/mol. The van der Waals surface area contributed by atoms with E-state index in [4.69, 9.17) is 36.5 Å². The molecule has 0 radical (unpaired) electrons. The number of hydrogen-bond donors (Lipinski definition) is 0. The van der Waals surface area contributed by atoms with E-state index in [1.54, 1.807) is 34.6 Å². The van der Waals surface area contributed by atoms with Crippen molar-refractivity contribution < 1.29 is 38.1 Å². The maximum atomic E-state index is 12.9. The average Bonchev–Trinajstić information content (AvgIpc) is 2.90. The SMILES string of the molecule is C#CCOCC(C)(C)C(=O)OCc1cnc(C)c(OC(=O)CCC/C=C\C)c1COC(=O)C(C)(C)COCC#C. The highest BCUT2D eigenvalue weighted by Gasteiger charge is 2.32. The summed E-state index contributed by atoms with van der Waals surface area (Å²) in [6.07, 6.45) is 17.3. The fourth-order valence-electron chi connectivity index (χ4n) is 3.31. The zero-order valence-corrected chi connectivity index (χ0v) is 24.5. The number of esters is 3. The normalized spacial score (nSPS) is 11.5. The highest BCUT2D eigenvalue weighted by molar-refractivity contribution is 5.77. The van der Waals surface area contributed by atoms with E-state index in [0.717, 1.165) is 6.42 Å². The topological polar surface area (TPSA) is 110 Å². The molecule has 0 aliphatic carbocycles. The van der Waals surface area contributed by atoms with Crippen LogP contribution in [0.3, 0.4) is 0 Å². The molecule has 9 heteroatoms. The molecule has 1 aromatic heterocycles. The number of pyridine rings is 1. The molecule has 0 aromatic carbocycles. The first kappa shape index (κ1) is 34.4. The number of allylic oxidation sites excluding steroid dienone is 2. The van der Waals surface area contributed by atoms with Crippen LogP contribution in [0.1, 0.15) is 70.7 Å². The van der Waals surface area contributed by atoms with Crippen molar-refractivity contribution in [1.29, 1.82) is 0 Å². The predicted octanol–water partition coefficient (Wildman–Crippen LogP) is 4.48. The molecular formula is C31H41NO8. The summed E-state index contributed by atoms with van der Waals surface area (Å²) < 4.78 is 27.5. The van der Waals surface area contributed by atoms with Crippen LogP contribution in [0.2, 0.25) is 0 Å². The molecule has 1 rings (SSSR count). The van der Waals surface area contributed by atoms with Gasteiger partial charge in [0.1, 0.15) is 26.4 Å². The Hall–Kier alpha value is -3.66. The largest absolute Gasteiger partial charge is 0.460 e. The van der Waals surface area contributed by atoms with Gasteiger partial charge in [-0.15, -0.1) is 12.8 Å². The Bertz CT molecular complexity index is 1120. The smallest absolute Gasteiger partial charge is 0.314 e. The van der Waals surface area contributed by atoms with Crippen molar-refractivity contribution in [3.63, 3.8) is 0 Å². The fraction of sp³-hybridized carbons (Fsp3) is 0.548. The second-order valence-electron chi connectivity index (χ2n) is 10.4. The van der Waals surface area contributed by atoms with Crippen LogP contribution in [0.25, 0.3) is 0 Å². The Labute approximate surface area is 238 Å². The standard InChI is InChI=1S/C31H41NO8/c1-9-12-13-14-15-26(33)40-27-23(4)32-18-24(19-38-28(34)30(5,6)21-36-16-10-2)25(27)20-39-29(35)31(7,8)22-37-17-11-3/h2-3,9,12,18H,13-17,19-22H2,1,4-8H3/b12-9-. The minimum Gasteiger partial charge on any atom is -0.460 e. The Balaban J connectivity index is 3.19. The molecule has 0 bridgehead atoms. The maximum Gasteiger partial charge on any atom is 0.314 e. The predicted molar refractivity (Wildman–Crippen MR) is 150 cm³/mol. The molecule has 0 fully saturated rings. The Morgan fingerprint density at radius 2 is 1.50 bits per heavy atom. The lowest BCUT2D eigenvalue weighted by Gasteiger charge is -2.24. The lowest BCUT2D eigenvalue weighted by atomic mass is 9.95. The van der Waals surface area contributed by atoms with Crippen molar-refractivity contribution in [2.45, 2.75) is 74.0 Å². The van der Waals surface area contributed by atoms with E-state index in [1.165, 1.54) is 6.20 Å². The third kappa shape index (κ3) is 11.6. The molecule has 9 nitrogen and oxygen atoms in total. The van der Waals surface area contributed by atoms with Crippen molar-refractivity contribution in [3.8, 4) is 30.4 Å². The lowest BCUT2D eigenvalue weighted by Crippen LogP contribution is -2.32. The first-order valence-corrected chi connectivity index (χ1v) is 13.1. The summed E-state index contributed by atoms with van der Waals surface area (Å²) in [5.74, 6) is 3.35. The third-order valence-corrected chi connectivity index (χ3v) is 5.72. The van der Waals surface area contributed by atoms with E-state index in [2.05, 4.69) is 16.8 Å². The van der Waals surface area contributed by atoms with E-state index >= 15 is 0 Å². The lowest BCUT2D eigenvalue weighted by molar-refractivity contribution is -0.160. The molecule has 0 N–H and O–H groups in total. The van der Waals surface area contributed by atoms with Gasteiger partial charge in [-0.2, -0.15) is 0 Å². The number of terminal acetylenes is 2. The van der Waals surface area contributed by atoms with Gasteiger partial charge < -0.3 is 23.7 Å². The number of hydrogen-bond acceptors (Lipinski definition) is 9. The molecule has 0 atom stereocenters. The van der Waals surface area contributed by atoms with Gasteiger partial charge in [0.15, 0.2) is 5.75 Å². The van der Waals surface area contributed by atoms with Crippen LogP contribution in [0.15, 0.2) is 18.3 Å². The molecule has 40 heavy (non-hydrogen) atoms. The van der Waals surface area contributed by atoms with Crippen molar-refractivity contribution >= 4 is 17.9 Å². The quantitative estimate of drug-likeness (QED) is 0.119. The van der Waals surface area contributed by atoms with Crippen molar-refractivity contribution in [2.75, 3.05) is 26.4 Å². The van der Waals surface area contributed by atoms with Crippen LogP contribution in [-0.4, -0.2) is 49.3 Å². The number of nitrogens with zero attached hydrogens (tertiary/aromatic N) is 1. The number of ether oxygens (including phenoxy) is 5. The van der Waals surface area contributed by atoms with Crippen molar-refractivity contribution in [2.24, 2.45) is 10.8 Å². The number of aromatic nitrogens is 1. The molecule has 0 saturated carbocycles. The van der Waals surface area contributed by atoms with Crippen molar-refractivity contribution in [3.05, 3.63) is 35.2 Å². The number of rotatable bonds is 17. The van der Waals surface area contributed by atoms with Gasteiger partial charge >= 0.3 is 17.9 Å². The summed E-state index contributed by atoms with van der Waals surface area (Å²) >= 11 is 0. The van der Waals surface area contributed by atoms with E-state index in [1.807, 2.05) is 19.1 Å². The second-order valence-corrected chi connectivity index (χ2v) is 10.4. The zero-order valence-electron chi connectivity index (χ0n) is 24.5. The first-order valence-electron chi connectivity index (χ1n) is 13.1. The van der Waals surface area contributed by atoms with Crippen LogP contribution in [0.4, 0.5) is 0 Å². The molecule has 0 aliphatic rings. The van der Waals surface area contributed by atoms with Crippen molar-refractivity contribution in [1.82, 2.24) is 4.98 Å². The minimum absolute atomic E-state index is 0.0563. The second kappa shape index (κ2) is 17.1. The highest BCUT2D eigenvalue weighted by atomic mass is 16.6. The van der Waals surface area contributed by atoms with Crippen LogP contribution < -0.4 is 4.74 Å². The van der Waals surface area contributed by atoms with Gasteiger partial charge in [0.05, 0.1) is 29.7 Å². The Morgan fingerprint density at radius 3 is 2.02 bits per heavy atom. The molecule has 0 aliphatic heterocycles. The average molecular weight is 556 g/mol. The molecule has 218 valence electrons. The van der Waals surface area contributed by atoms with Gasteiger partial charge in [-0.3, -0.25) is 19.4 Å². The molecule has 1 aromatic rings. The van der Waals surface area contributed by atoms with Gasteiger partial charge in [-0.05, 0) is 54.4 Å². The Kier molecular flexibility index (Phi) is 14.7. The van der Waals surface area contributed by atoms with E-state index < -0.39 is 28.7 Å². The molecule has 0 unspecified atom stereocenters. The summed E-state index contributed by atoms with van der Waals surface area (Å²) in [5.41, 5.74) is -0.742. The number of carbonyl (C=O) groups excluding carboxylic acids is 3. The number of unbranched alkanes of at least 4 members (excludes halogenated alkanes) is 1. The molecule has 1 heterocycles. The van der Waals surface area contributed by atoms with Gasteiger partial charge in [0.2, 0.25) is 0 Å². The summed E-state index contributed by atoms with van der Waals surface area (Å²) in [5, 5.41) is 0. The fourth-order valence-corrected chi connectivity index (χ4v) is 3.31. The number of aryl methyl sites for hydroxylation is 1. The summed E-state index contributed by atoms with van der Waals surface area (Å²) in [7, 11) is 0. The van der Waals surface area contributed by atoms with Gasteiger partial charge in [-0.25, -0.2) is 0 Å².